The van der Waals surface area contributed by atoms with E-state index in [1.165, 1.54) is 11.7 Å². The van der Waals surface area contributed by atoms with Gasteiger partial charge in [0.05, 0.1) is 18.7 Å². The van der Waals surface area contributed by atoms with Crippen molar-refractivity contribution in [2.45, 2.75) is 26.7 Å². The maximum Gasteiger partial charge on any atom is 0.300 e. The van der Waals surface area contributed by atoms with Gasteiger partial charge in [-0.25, -0.2) is 0 Å². The Labute approximate surface area is 207 Å². The van der Waals surface area contributed by atoms with Gasteiger partial charge in [-0.3, -0.25) is 18.6 Å². The third kappa shape index (κ3) is 5.46. The monoisotopic (exact) mass is 495 g/mol. The highest BCUT2D eigenvalue weighted by Crippen LogP contribution is 2.27. The molecule has 0 bridgehead atoms. The van der Waals surface area contributed by atoms with Crippen LogP contribution < -0.4 is 20.3 Å². The maximum atomic E-state index is 13.0. The number of hydrogen-bond acceptors (Lipinski definition) is 6. The SMILES string of the molecule is CCOc1ccc(-n2ccn3c(C[C@@H](C)CC(=O)Nc4ccc(OC)c(Cl)c4)nnc3c2=O)cc1. The van der Waals surface area contributed by atoms with Gasteiger partial charge in [-0.1, -0.05) is 18.5 Å². The number of fused-ring (bicyclic) bond motifs is 1. The standard InChI is InChI=1S/C25H26ClN5O4/c1-4-35-19-8-6-18(7-9-19)30-11-12-31-22(28-29-24(31)25(30)33)13-16(2)14-23(32)27-17-5-10-21(34-3)20(26)15-17/h5-12,15-16H,4,13-14H2,1-3H3,(H,27,32)/t16-/m1/s1. The molecule has 0 aliphatic heterocycles. The fourth-order valence-corrected chi connectivity index (χ4v) is 4.06. The Morgan fingerprint density at radius 1 is 1.14 bits per heavy atom. The zero-order valence-corrected chi connectivity index (χ0v) is 20.5. The molecule has 2 heterocycles. The number of aromatic nitrogens is 4. The fourth-order valence-electron chi connectivity index (χ4n) is 3.80. The van der Waals surface area contributed by atoms with Gasteiger partial charge in [0.25, 0.3) is 0 Å². The van der Waals surface area contributed by atoms with Crippen molar-refractivity contribution in [1.82, 2.24) is 19.2 Å². The maximum absolute atomic E-state index is 13.0. The molecule has 0 aliphatic rings. The summed E-state index contributed by atoms with van der Waals surface area (Å²) >= 11 is 6.12. The van der Waals surface area contributed by atoms with E-state index in [0.717, 1.165) is 5.75 Å². The Morgan fingerprint density at radius 2 is 1.91 bits per heavy atom. The van der Waals surface area contributed by atoms with Crippen molar-refractivity contribution in [2.75, 3.05) is 19.0 Å². The van der Waals surface area contributed by atoms with Crippen LogP contribution in [-0.2, 0) is 11.2 Å². The van der Waals surface area contributed by atoms with Crippen LogP contribution in [0.1, 0.15) is 26.1 Å². The highest BCUT2D eigenvalue weighted by atomic mass is 35.5. The van der Waals surface area contributed by atoms with E-state index >= 15 is 0 Å². The van der Waals surface area contributed by atoms with Crippen molar-refractivity contribution >= 4 is 28.8 Å². The molecule has 0 fully saturated rings. The van der Waals surface area contributed by atoms with Crippen LogP contribution in [0.5, 0.6) is 11.5 Å². The molecule has 0 spiro atoms. The van der Waals surface area contributed by atoms with Crippen molar-refractivity contribution in [2.24, 2.45) is 5.92 Å². The van der Waals surface area contributed by atoms with E-state index in [9.17, 15) is 9.59 Å². The van der Waals surface area contributed by atoms with Gasteiger partial charge in [0.1, 0.15) is 17.3 Å². The lowest BCUT2D eigenvalue weighted by molar-refractivity contribution is -0.116. The minimum Gasteiger partial charge on any atom is -0.495 e. The van der Waals surface area contributed by atoms with Gasteiger partial charge in [0.2, 0.25) is 11.6 Å². The molecular weight excluding hydrogens is 470 g/mol. The summed E-state index contributed by atoms with van der Waals surface area (Å²) < 4.78 is 13.8. The highest BCUT2D eigenvalue weighted by Gasteiger charge is 2.17. The normalized spacial score (nSPS) is 11.9. The third-order valence-electron chi connectivity index (χ3n) is 5.47. The first-order chi connectivity index (χ1) is 16.9. The number of carbonyl (C=O) groups excluding carboxylic acids is 1. The smallest absolute Gasteiger partial charge is 0.300 e. The summed E-state index contributed by atoms with van der Waals surface area (Å²) in [5.41, 5.74) is 1.24. The number of rotatable bonds is 9. The molecule has 0 saturated carbocycles. The number of amides is 1. The average Bonchev–Trinajstić information content (AvgIpc) is 3.23. The van der Waals surface area contributed by atoms with Gasteiger partial charge < -0.3 is 14.8 Å². The van der Waals surface area contributed by atoms with E-state index in [2.05, 4.69) is 15.5 Å². The van der Waals surface area contributed by atoms with Crippen molar-refractivity contribution in [3.8, 4) is 17.2 Å². The third-order valence-corrected chi connectivity index (χ3v) is 5.76. The second-order valence-corrected chi connectivity index (χ2v) is 8.53. The van der Waals surface area contributed by atoms with Crippen LogP contribution in [0.2, 0.25) is 5.02 Å². The number of anilines is 1. The second-order valence-electron chi connectivity index (χ2n) is 8.12. The number of hydrogen-bond donors (Lipinski definition) is 1. The van der Waals surface area contributed by atoms with Gasteiger partial charge >= 0.3 is 5.56 Å². The van der Waals surface area contributed by atoms with Crippen molar-refractivity contribution < 1.29 is 14.3 Å². The van der Waals surface area contributed by atoms with Gasteiger partial charge in [0, 0.05) is 36.6 Å². The summed E-state index contributed by atoms with van der Waals surface area (Å²) in [4.78, 5) is 25.5. The summed E-state index contributed by atoms with van der Waals surface area (Å²) in [6.07, 6.45) is 4.18. The highest BCUT2D eigenvalue weighted by molar-refractivity contribution is 6.32. The molecule has 0 saturated heterocycles. The second kappa shape index (κ2) is 10.6. The number of methoxy groups -OCH3 is 1. The largest absolute Gasteiger partial charge is 0.495 e. The van der Waals surface area contributed by atoms with Crippen LogP contribution in [-0.4, -0.2) is 38.8 Å². The minimum atomic E-state index is -0.280. The number of halogens is 1. The Morgan fingerprint density at radius 3 is 2.60 bits per heavy atom. The minimum absolute atomic E-state index is 0.0374. The molecular formula is C25H26ClN5O4. The Balaban J connectivity index is 1.44. The zero-order chi connectivity index (χ0) is 24.9. The molecule has 0 aliphatic carbocycles. The molecule has 1 atom stereocenters. The van der Waals surface area contributed by atoms with Crippen LogP contribution in [0.4, 0.5) is 5.69 Å². The van der Waals surface area contributed by atoms with Crippen molar-refractivity contribution in [1.29, 1.82) is 0 Å². The van der Waals surface area contributed by atoms with Gasteiger partial charge in [-0.15, -0.1) is 10.2 Å². The lowest BCUT2D eigenvalue weighted by Gasteiger charge is -2.12. The molecule has 35 heavy (non-hydrogen) atoms. The summed E-state index contributed by atoms with van der Waals surface area (Å²) in [6.45, 7) is 4.44. The van der Waals surface area contributed by atoms with Crippen LogP contribution in [0.3, 0.4) is 0 Å². The van der Waals surface area contributed by atoms with E-state index < -0.39 is 0 Å². The van der Waals surface area contributed by atoms with Gasteiger partial charge in [-0.05, 0) is 55.3 Å². The first kappa shape index (κ1) is 24.3. The lowest BCUT2D eigenvalue weighted by Crippen LogP contribution is -2.21. The molecule has 0 radical (unpaired) electrons. The van der Waals surface area contributed by atoms with Gasteiger partial charge in [-0.2, -0.15) is 0 Å². The molecule has 2 aromatic carbocycles. The van der Waals surface area contributed by atoms with Crippen molar-refractivity contribution in [3.63, 3.8) is 0 Å². The first-order valence-corrected chi connectivity index (χ1v) is 11.6. The molecule has 10 heteroatoms. The summed E-state index contributed by atoms with van der Waals surface area (Å²) in [5, 5.41) is 11.6. The summed E-state index contributed by atoms with van der Waals surface area (Å²) in [7, 11) is 1.53. The number of ether oxygens (including phenoxy) is 2. The van der Waals surface area contributed by atoms with E-state index in [1.807, 2.05) is 38.1 Å². The molecule has 4 rings (SSSR count). The number of benzene rings is 2. The Kier molecular flexibility index (Phi) is 7.36. The van der Waals surface area contributed by atoms with Crippen molar-refractivity contribution in [3.05, 3.63) is 76.1 Å². The molecule has 4 aromatic rings. The average molecular weight is 496 g/mol. The van der Waals surface area contributed by atoms with Crippen LogP contribution in [0.25, 0.3) is 11.3 Å². The molecule has 9 nitrogen and oxygen atoms in total. The molecule has 182 valence electrons. The van der Waals surface area contributed by atoms with Crippen LogP contribution >= 0.6 is 11.6 Å². The molecule has 2 aromatic heterocycles. The predicted octanol–water partition coefficient (Wildman–Crippen LogP) is 4.15. The van der Waals surface area contributed by atoms with Crippen LogP contribution in [0.15, 0.2) is 59.7 Å². The Hall–Kier alpha value is -3.85. The molecule has 0 unspecified atom stereocenters. The van der Waals surface area contributed by atoms with E-state index in [1.54, 1.807) is 35.0 Å². The quantitative estimate of drug-likeness (QED) is 0.374. The van der Waals surface area contributed by atoms with Crippen LogP contribution in [0, 0.1) is 5.92 Å². The number of nitrogens with zero attached hydrogens (tertiary/aromatic N) is 4. The van der Waals surface area contributed by atoms with Gasteiger partial charge in [0.15, 0.2) is 0 Å². The molecule has 1 N–H and O–H groups in total. The van der Waals surface area contributed by atoms with E-state index in [0.29, 0.717) is 41.0 Å². The number of nitrogens with one attached hydrogen (secondary N) is 1. The fraction of sp³-hybridized carbons (Fsp3) is 0.280. The topological polar surface area (TPSA) is 99.8 Å². The number of carbonyl (C=O) groups is 1. The predicted molar refractivity (Wildman–Crippen MR) is 134 cm³/mol. The summed E-state index contributed by atoms with van der Waals surface area (Å²) in [6, 6.07) is 12.3. The zero-order valence-electron chi connectivity index (χ0n) is 19.7. The Bertz CT molecular complexity index is 1400. The first-order valence-electron chi connectivity index (χ1n) is 11.2. The molecule has 1 amide bonds. The summed E-state index contributed by atoms with van der Waals surface area (Å²) in [5.74, 6) is 1.71. The lowest BCUT2D eigenvalue weighted by atomic mass is 10.0. The van der Waals surface area contributed by atoms with E-state index in [-0.39, 0.29) is 29.5 Å². The van der Waals surface area contributed by atoms with E-state index in [4.69, 9.17) is 21.1 Å².